The summed E-state index contributed by atoms with van der Waals surface area (Å²) in [5.74, 6) is -0.143. The smallest absolute Gasteiger partial charge is 0.257 e. The van der Waals surface area contributed by atoms with Crippen LogP contribution in [0.5, 0.6) is 5.88 Å². The van der Waals surface area contributed by atoms with Crippen LogP contribution in [0.25, 0.3) is 0 Å². The first kappa shape index (κ1) is 21.8. The number of hydrogen-bond acceptors (Lipinski definition) is 5. The number of halogens is 1. The second-order valence-corrected chi connectivity index (χ2v) is 8.88. The van der Waals surface area contributed by atoms with Crippen LogP contribution >= 0.6 is 11.6 Å². The second kappa shape index (κ2) is 9.25. The standard InChI is InChI=1S/C21H20ClN3O4S/c1-25(14-15-6-4-3-5-7-15)30(27,28)17-9-10-19(22)18(12-17)21(26)24-16-8-11-20(29-2)23-13-16/h3-13H,14H2,1-2H3,(H,24,26). The van der Waals surface area contributed by atoms with Gasteiger partial charge >= 0.3 is 0 Å². The first-order valence-corrected chi connectivity index (χ1v) is 10.7. The van der Waals surface area contributed by atoms with Crippen LogP contribution in [0.2, 0.25) is 5.02 Å². The Balaban J connectivity index is 1.83. The number of nitrogens with zero attached hydrogens (tertiary/aromatic N) is 2. The van der Waals surface area contributed by atoms with Gasteiger partial charge in [-0.25, -0.2) is 13.4 Å². The van der Waals surface area contributed by atoms with E-state index in [0.29, 0.717) is 11.6 Å². The Morgan fingerprint density at radius 2 is 1.87 bits per heavy atom. The van der Waals surface area contributed by atoms with Crippen LogP contribution < -0.4 is 10.1 Å². The molecule has 1 heterocycles. The highest BCUT2D eigenvalue weighted by Crippen LogP contribution is 2.24. The van der Waals surface area contributed by atoms with Crippen molar-refractivity contribution in [2.45, 2.75) is 11.4 Å². The number of anilines is 1. The summed E-state index contributed by atoms with van der Waals surface area (Å²) in [6.45, 7) is 0.199. The number of pyridine rings is 1. The molecule has 0 bridgehead atoms. The van der Waals surface area contributed by atoms with E-state index in [0.717, 1.165) is 5.56 Å². The average molecular weight is 446 g/mol. The van der Waals surface area contributed by atoms with Crippen LogP contribution in [0, 0.1) is 0 Å². The molecule has 1 aromatic heterocycles. The van der Waals surface area contributed by atoms with Crippen molar-refractivity contribution in [1.29, 1.82) is 0 Å². The summed E-state index contributed by atoms with van der Waals surface area (Å²) < 4.78 is 32.2. The molecule has 9 heteroatoms. The largest absolute Gasteiger partial charge is 0.481 e. The van der Waals surface area contributed by atoms with E-state index in [4.69, 9.17) is 16.3 Å². The maximum absolute atomic E-state index is 13.0. The van der Waals surface area contributed by atoms with Gasteiger partial charge in [0.2, 0.25) is 15.9 Å². The Morgan fingerprint density at radius 1 is 1.13 bits per heavy atom. The monoisotopic (exact) mass is 445 g/mol. The SMILES string of the molecule is COc1ccc(NC(=O)c2cc(S(=O)(=O)N(C)Cc3ccccc3)ccc2Cl)cn1. The Kier molecular flexibility index (Phi) is 6.71. The maximum Gasteiger partial charge on any atom is 0.257 e. The normalized spacial score (nSPS) is 11.3. The molecule has 0 atom stereocenters. The van der Waals surface area contributed by atoms with E-state index in [1.165, 1.54) is 42.9 Å². The van der Waals surface area contributed by atoms with Gasteiger partial charge in [0.25, 0.3) is 5.91 Å². The Bertz CT molecular complexity index is 1140. The van der Waals surface area contributed by atoms with Gasteiger partial charge in [0, 0.05) is 19.7 Å². The van der Waals surface area contributed by atoms with E-state index in [1.54, 1.807) is 12.1 Å². The molecule has 3 rings (SSSR count). The molecule has 2 aromatic carbocycles. The molecular formula is C21H20ClN3O4S. The van der Waals surface area contributed by atoms with E-state index in [2.05, 4.69) is 10.3 Å². The topological polar surface area (TPSA) is 88.6 Å². The van der Waals surface area contributed by atoms with E-state index in [1.807, 2.05) is 30.3 Å². The summed E-state index contributed by atoms with van der Waals surface area (Å²) in [6.07, 6.45) is 1.43. The number of carbonyl (C=O) groups excluding carboxylic acids is 1. The van der Waals surface area contributed by atoms with Crippen molar-refractivity contribution in [1.82, 2.24) is 9.29 Å². The summed E-state index contributed by atoms with van der Waals surface area (Å²) in [5, 5.41) is 2.79. The van der Waals surface area contributed by atoms with Crippen molar-refractivity contribution in [3.8, 4) is 5.88 Å². The zero-order chi connectivity index (χ0) is 21.7. The lowest BCUT2D eigenvalue weighted by Crippen LogP contribution is -2.27. The van der Waals surface area contributed by atoms with E-state index in [9.17, 15) is 13.2 Å². The van der Waals surface area contributed by atoms with E-state index < -0.39 is 15.9 Å². The van der Waals surface area contributed by atoms with Gasteiger partial charge < -0.3 is 10.1 Å². The zero-order valence-electron chi connectivity index (χ0n) is 16.4. The van der Waals surface area contributed by atoms with Crippen molar-refractivity contribution in [3.05, 3.63) is 83.0 Å². The van der Waals surface area contributed by atoms with Crippen molar-refractivity contribution < 1.29 is 17.9 Å². The molecule has 1 amide bonds. The minimum absolute atomic E-state index is 0.0247. The number of sulfonamides is 1. The number of benzene rings is 2. The van der Waals surface area contributed by atoms with E-state index >= 15 is 0 Å². The van der Waals surface area contributed by atoms with Gasteiger partial charge in [-0.15, -0.1) is 0 Å². The molecule has 3 aromatic rings. The number of methoxy groups -OCH3 is 1. The lowest BCUT2D eigenvalue weighted by Gasteiger charge is -2.18. The minimum atomic E-state index is -3.83. The molecule has 0 fully saturated rings. The average Bonchev–Trinajstić information content (AvgIpc) is 2.75. The zero-order valence-corrected chi connectivity index (χ0v) is 17.9. The molecular weight excluding hydrogens is 426 g/mol. The molecule has 0 aliphatic carbocycles. The Hall–Kier alpha value is -2.94. The van der Waals surface area contributed by atoms with Crippen molar-refractivity contribution in [2.75, 3.05) is 19.5 Å². The quantitative estimate of drug-likeness (QED) is 0.597. The first-order valence-electron chi connectivity index (χ1n) is 8.92. The number of amides is 1. The van der Waals surface area contributed by atoms with Gasteiger partial charge in [-0.2, -0.15) is 4.31 Å². The number of aromatic nitrogens is 1. The van der Waals surface area contributed by atoms with Gasteiger partial charge in [-0.3, -0.25) is 4.79 Å². The van der Waals surface area contributed by atoms with Gasteiger partial charge in [-0.1, -0.05) is 41.9 Å². The van der Waals surface area contributed by atoms with Gasteiger partial charge in [0.1, 0.15) is 0 Å². The van der Waals surface area contributed by atoms with Gasteiger partial charge in [0.05, 0.1) is 34.5 Å². The third-order valence-electron chi connectivity index (χ3n) is 4.34. The molecule has 30 heavy (non-hydrogen) atoms. The molecule has 1 N–H and O–H groups in total. The molecule has 0 spiro atoms. The molecule has 0 saturated heterocycles. The van der Waals surface area contributed by atoms with Crippen LogP contribution in [0.3, 0.4) is 0 Å². The molecule has 0 aliphatic heterocycles. The number of nitrogens with one attached hydrogen (secondary N) is 1. The minimum Gasteiger partial charge on any atom is -0.481 e. The summed E-state index contributed by atoms with van der Waals surface area (Å²) >= 11 is 6.16. The van der Waals surface area contributed by atoms with Crippen molar-refractivity contribution in [2.24, 2.45) is 0 Å². The van der Waals surface area contributed by atoms with Crippen LogP contribution in [0.15, 0.2) is 71.8 Å². The molecule has 7 nitrogen and oxygen atoms in total. The molecule has 0 aliphatic rings. The number of ether oxygens (including phenoxy) is 1. The highest BCUT2D eigenvalue weighted by molar-refractivity contribution is 7.89. The fourth-order valence-electron chi connectivity index (χ4n) is 2.72. The third-order valence-corrected chi connectivity index (χ3v) is 6.47. The highest BCUT2D eigenvalue weighted by atomic mass is 35.5. The predicted molar refractivity (Wildman–Crippen MR) is 115 cm³/mol. The van der Waals surface area contributed by atoms with Gasteiger partial charge in [0.15, 0.2) is 0 Å². The van der Waals surface area contributed by atoms with Crippen LogP contribution in [-0.4, -0.2) is 37.8 Å². The fourth-order valence-corrected chi connectivity index (χ4v) is 4.11. The number of carbonyl (C=O) groups is 1. The summed E-state index contributed by atoms with van der Waals surface area (Å²) in [4.78, 5) is 16.7. The second-order valence-electron chi connectivity index (χ2n) is 6.43. The third kappa shape index (κ3) is 4.96. The maximum atomic E-state index is 13.0. The first-order chi connectivity index (χ1) is 14.3. The highest BCUT2D eigenvalue weighted by Gasteiger charge is 2.23. The molecule has 156 valence electrons. The number of rotatable bonds is 7. The summed E-state index contributed by atoms with van der Waals surface area (Å²) in [7, 11) is -0.853. The van der Waals surface area contributed by atoms with Crippen LogP contribution in [0.4, 0.5) is 5.69 Å². The summed E-state index contributed by atoms with van der Waals surface area (Å²) in [6, 6.07) is 16.5. The predicted octanol–water partition coefficient (Wildman–Crippen LogP) is 3.82. The number of hydrogen-bond donors (Lipinski definition) is 1. The molecule has 0 unspecified atom stereocenters. The Morgan fingerprint density at radius 3 is 2.50 bits per heavy atom. The van der Waals surface area contributed by atoms with Crippen LogP contribution in [-0.2, 0) is 16.6 Å². The van der Waals surface area contributed by atoms with E-state index in [-0.39, 0.29) is 22.0 Å². The summed E-state index contributed by atoms with van der Waals surface area (Å²) in [5.41, 5.74) is 1.32. The fraction of sp³-hybridized carbons (Fsp3) is 0.143. The lowest BCUT2D eigenvalue weighted by atomic mass is 10.2. The molecule has 0 saturated carbocycles. The van der Waals surface area contributed by atoms with Gasteiger partial charge in [-0.05, 0) is 29.8 Å². The van der Waals surface area contributed by atoms with Crippen molar-refractivity contribution in [3.63, 3.8) is 0 Å². The Labute approximate surface area is 180 Å². The molecule has 0 radical (unpaired) electrons. The lowest BCUT2D eigenvalue weighted by molar-refractivity contribution is 0.102. The van der Waals surface area contributed by atoms with Crippen LogP contribution in [0.1, 0.15) is 15.9 Å². The van der Waals surface area contributed by atoms with Crippen molar-refractivity contribution >= 4 is 33.2 Å².